The number of benzene rings is 4. The summed E-state index contributed by atoms with van der Waals surface area (Å²) >= 11 is 24.2. The Balaban J connectivity index is 0.000000272. The zero-order valence-corrected chi connectivity index (χ0v) is 40.1. The number of aldehydes is 1. The van der Waals surface area contributed by atoms with Gasteiger partial charge in [-0.2, -0.15) is 0 Å². The topological polar surface area (TPSA) is 125 Å². The van der Waals surface area contributed by atoms with E-state index in [2.05, 4.69) is 19.8 Å². The van der Waals surface area contributed by atoms with Crippen LogP contribution in [0.15, 0.2) is 122 Å². The largest absolute Gasteiger partial charge is 1.00 e. The molecule has 0 amide bonds. The second kappa shape index (κ2) is 24.4. The van der Waals surface area contributed by atoms with Crippen LogP contribution in [0.2, 0.25) is 20.1 Å². The number of hydrogen-bond acceptors (Lipinski definition) is 10. The van der Waals surface area contributed by atoms with Crippen LogP contribution in [0.1, 0.15) is 58.5 Å². The molecule has 2 aliphatic heterocycles. The van der Waals surface area contributed by atoms with Gasteiger partial charge in [0, 0.05) is 92.3 Å². The standard InChI is InChI=1S/C24H24Cl2N2O3.C24H20Cl2N2O3.B.Na.H/c2*25-19-6-3-16(4-7-19)23(30)18-5-8-22(17(14-18)10-13-29)28-12-9-20(15-28)31-24-21(26)2-1-11-27-24;;;/h1-8,11,14,20,23,29-30H,9-10,12-13,15H2;1-8,11,13-14,20H,9-10,12,15H2;;;/q;;;+1;-1/t20-,23?;20-;;;/m00.../s1. The number of rotatable bonds is 14. The fourth-order valence-electron chi connectivity index (χ4n) is 7.62. The first-order valence-corrected chi connectivity index (χ1v) is 21.7. The quantitative estimate of drug-likeness (QED) is 0.0719. The van der Waals surface area contributed by atoms with E-state index in [0.29, 0.717) is 62.5 Å². The van der Waals surface area contributed by atoms with Gasteiger partial charge in [0.25, 0.3) is 0 Å². The molecule has 3 radical (unpaired) electrons. The predicted molar refractivity (Wildman–Crippen MR) is 252 cm³/mol. The SMILES string of the molecule is O=CCc1cc(C(=O)c2ccc(Cl)cc2)ccc1N1CC[C@H](Oc2ncccc2Cl)C1.OCCc1cc(C(O)c2ccc(Cl)cc2)ccc1N1CC[C@H](Oc2ncccc2Cl)C1.[B].[H-].[Na+]. The molecule has 1 unspecified atom stereocenters. The molecule has 0 aliphatic carbocycles. The molecule has 0 bridgehead atoms. The average Bonchev–Trinajstić information content (AvgIpc) is 3.96. The van der Waals surface area contributed by atoms with Crippen molar-refractivity contribution in [3.05, 3.63) is 175 Å². The van der Waals surface area contributed by atoms with E-state index in [-0.39, 0.29) is 70.4 Å². The third-order valence-electron chi connectivity index (χ3n) is 10.7. The number of aliphatic hydroxyl groups is 2. The molecule has 6 aromatic rings. The van der Waals surface area contributed by atoms with Crippen LogP contribution >= 0.6 is 46.4 Å². The van der Waals surface area contributed by atoms with Gasteiger partial charge < -0.3 is 35.7 Å². The zero-order valence-electron chi connectivity index (χ0n) is 36.1. The van der Waals surface area contributed by atoms with Gasteiger partial charge in [0.15, 0.2) is 5.78 Å². The number of nitrogens with zero attached hydrogens (tertiary/aromatic N) is 4. The first kappa shape index (κ1) is 50.9. The zero-order chi connectivity index (χ0) is 43.6. The van der Waals surface area contributed by atoms with Crippen LogP contribution in [0, 0.1) is 0 Å². The van der Waals surface area contributed by atoms with Crippen molar-refractivity contribution in [2.45, 2.75) is 44.0 Å². The number of ketones is 1. The van der Waals surface area contributed by atoms with Crippen molar-refractivity contribution < 1.29 is 60.3 Å². The number of aliphatic hydroxyl groups excluding tert-OH is 2. The molecule has 2 N–H and O–H groups in total. The van der Waals surface area contributed by atoms with Crippen molar-refractivity contribution in [1.82, 2.24) is 9.97 Å². The molecule has 325 valence electrons. The van der Waals surface area contributed by atoms with Crippen LogP contribution in [0.5, 0.6) is 11.8 Å². The molecule has 16 heteroatoms. The van der Waals surface area contributed by atoms with Crippen LogP contribution in [0.25, 0.3) is 0 Å². The molecule has 2 saturated heterocycles. The smallest absolute Gasteiger partial charge is 1.00 e. The summed E-state index contributed by atoms with van der Waals surface area (Å²) in [6.45, 7) is 2.97. The maximum absolute atomic E-state index is 12.8. The third-order valence-corrected chi connectivity index (χ3v) is 11.8. The Hall–Kier alpha value is -4.14. The van der Waals surface area contributed by atoms with E-state index in [1.54, 1.807) is 85.2 Å². The summed E-state index contributed by atoms with van der Waals surface area (Å²) in [5.74, 6) is 0.767. The number of pyridine rings is 2. The van der Waals surface area contributed by atoms with E-state index in [9.17, 15) is 19.8 Å². The summed E-state index contributed by atoms with van der Waals surface area (Å²) in [6, 6.07) is 32.4. The summed E-state index contributed by atoms with van der Waals surface area (Å²) in [5, 5.41) is 22.6. The first-order valence-electron chi connectivity index (χ1n) is 20.2. The van der Waals surface area contributed by atoms with Crippen molar-refractivity contribution in [2.75, 3.05) is 42.6 Å². The van der Waals surface area contributed by atoms with Gasteiger partial charge in [-0.1, -0.05) is 70.7 Å². The van der Waals surface area contributed by atoms with Crippen LogP contribution < -0.4 is 48.8 Å². The van der Waals surface area contributed by atoms with E-state index < -0.39 is 6.10 Å². The Morgan fingerprint density at radius 2 is 1.22 bits per heavy atom. The fraction of sp³-hybridized carbons (Fsp3) is 0.250. The van der Waals surface area contributed by atoms with E-state index in [0.717, 1.165) is 65.8 Å². The average molecular weight is 950 g/mol. The molecule has 4 heterocycles. The van der Waals surface area contributed by atoms with E-state index >= 15 is 0 Å². The van der Waals surface area contributed by atoms with Gasteiger partial charge in [-0.05, 0) is 114 Å². The molecular formula is C48H45BCl4N4NaO6. The van der Waals surface area contributed by atoms with Crippen LogP contribution in [-0.2, 0) is 17.6 Å². The monoisotopic (exact) mass is 947 g/mol. The molecule has 64 heavy (non-hydrogen) atoms. The minimum Gasteiger partial charge on any atom is -1.00 e. The minimum atomic E-state index is -0.760. The Bertz CT molecular complexity index is 2500. The van der Waals surface area contributed by atoms with Gasteiger partial charge in [-0.15, -0.1) is 0 Å². The number of halogens is 4. The van der Waals surface area contributed by atoms with Crippen LogP contribution in [0.3, 0.4) is 0 Å². The molecule has 2 aliphatic rings. The van der Waals surface area contributed by atoms with Gasteiger partial charge in [0.1, 0.15) is 34.6 Å². The second-order valence-corrected chi connectivity index (χ2v) is 16.6. The summed E-state index contributed by atoms with van der Waals surface area (Å²) in [4.78, 5) is 37.0. The number of carbonyl (C=O) groups is 2. The van der Waals surface area contributed by atoms with Crippen molar-refractivity contribution >= 4 is 78.3 Å². The van der Waals surface area contributed by atoms with Gasteiger partial charge in [-0.3, -0.25) is 4.79 Å². The Labute approximate surface area is 418 Å². The maximum Gasteiger partial charge on any atom is 1.00 e. The van der Waals surface area contributed by atoms with Gasteiger partial charge in [0.2, 0.25) is 11.8 Å². The minimum absolute atomic E-state index is 0. The molecule has 2 aromatic heterocycles. The van der Waals surface area contributed by atoms with Crippen molar-refractivity contribution in [1.29, 1.82) is 0 Å². The first-order chi connectivity index (χ1) is 30.1. The van der Waals surface area contributed by atoms with E-state index in [1.807, 2.05) is 36.4 Å². The maximum atomic E-state index is 12.8. The number of hydrogen-bond donors (Lipinski definition) is 2. The number of ether oxygens (including phenoxy) is 2. The molecule has 2 fully saturated rings. The summed E-state index contributed by atoms with van der Waals surface area (Å²) in [7, 11) is 0. The normalized spacial score (nSPS) is 15.8. The van der Waals surface area contributed by atoms with Crippen molar-refractivity contribution in [3.8, 4) is 11.8 Å². The van der Waals surface area contributed by atoms with Gasteiger partial charge in [-0.25, -0.2) is 9.97 Å². The molecule has 10 nitrogen and oxygen atoms in total. The third kappa shape index (κ3) is 13.0. The molecule has 0 saturated carbocycles. The molecular weight excluding hydrogens is 904 g/mol. The number of aromatic nitrogens is 2. The predicted octanol–water partition coefficient (Wildman–Crippen LogP) is 6.42. The van der Waals surface area contributed by atoms with E-state index in [1.165, 1.54) is 0 Å². The Kier molecular flexibility index (Phi) is 19.4. The number of carbonyl (C=O) groups excluding carboxylic acids is 2. The summed E-state index contributed by atoms with van der Waals surface area (Å²) in [6.07, 6.45) is 5.71. The molecule has 4 aromatic carbocycles. The Morgan fingerprint density at radius 1 is 0.719 bits per heavy atom. The van der Waals surface area contributed by atoms with Gasteiger partial charge in [0.05, 0.1) is 13.1 Å². The summed E-state index contributed by atoms with van der Waals surface area (Å²) in [5.41, 5.74) is 6.41. The molecule has 8 rings (SSSR count). The summed E-state index contributed by atoms with van der Waals surface area (Å²) < 4.78 is 12.0. The molecule has 0 spiro atoms. The van der Waals surface area contributed by atoms with Crippen LogP contribution in [0.4, 0.5) is 11.4 Å². The second-order valence-electron chi connectivity index (χ2n) is 14.9. The molecule has 3 atom stereocenters. The van der Waals surface area contributed by atoms with Crippen molar-refractivity contribution in [2.24, 2.45) is 0 Å². The van der Waals surface area contributed by atoms with Crippen molar-refractivity contribution in [3.63, 3.8) is 0 Å². The Morgan fingerprint density at radius 3 is 1.75 bits per heavy atom. The van der Waals surface area contributed by atoms with E-state index in [4.69, 9.17) is 55.9 Å². The van der Waals surface area contributed by atoms with Crippen LogP contribution in [-0.4, -0.2) is 85.7 Å². The fourth-order valence-corrected chi connectivity index (χ4v) is 8.20. The number of anilines is 2. The van der Waals surface area contributed by atoms with Gasteiger partial charge >= 0.3 is 29.6 Å².